The van der Waals surface area contributed by atoms with Gasteiger partial charge in [-0.15, -0.1) is 0 Å². The Hall–Kier alpha value is -1.07. The van der Waals surface area contributed by atoms with Crippen LogP contribution in [0.15, 0.2) is 22.7 Å². The van der Waals surface area contributed by atoms with Crippen LogP contribution in [0.1, 0.15) is 37.8 Å². The number of benzene rings is 1. The Kier molecular flexibility index (Phi) is 4.82. The summed E-state index contributed by atoms with van der Waals surface area (Å²) in [5.74, 6) is 0.652. The zero-order chi connectivity index (χ0) is 13.8. The van der Waals surface area contributed by atoms with Gasteiger partial charge in [0.15, 0.2) is 6.10 Å². The fourth-order valence-electron chi connectivity index (χ4n) is 2.16. The normalized spacial score (nSPS) is 21.4. The maximum absolute atomic E-state index is 11.9. The lowest BCUT2D eigenvalue weighted by atomic mass is 10.1. The maximum Gasteiger partial charge on any atom is 0.261 e. The Morgan fingerprint density at radius 2 is 2.26 bits per heavy atom. The Bertz CT molecular complexity index is 463. The van der Waals surface area contributed by atoms with Crippen molar-refractivity contribution in [2.75, 3.05) is 6.54 Å². The fourth-order valence-corrected chi connectivity index (χ4v) is 2.50. The van der Waals surface area contributed by atoms with Crippen LogP contribution in [-0.4, -0.2) is 18.6 Å². The smallest absolute Gasteiger partial charge is 0.261 e. The van der Waals surface area contributed by atoms with E-state index in [2.05, 4.69) is 21.2 Å². The molecular weight excluding hydrogens is 308 g/mol. The zero-order valence-corrected chi connectivity index (χ0v) is 12.6. The van der Waals surface area contributed by atoms with Crippen LogP contribution < -0.4 is 15.8 Å². The van der Waals surface area contributed by atoms with Gasteiger partial charge in [0.1, 0.15) is 5.75 Å². The summed E-state index contributed by atoms with van der Waals surface area (Å²) in [6, 6.07) is 5.60. The molecule has 1 heterocycles. The second-order valence-corrected chi connectivity index (χ2v) is 5.78. The molecule has 1 fully saturated rings. The average molecular weight is 327 g/mol. The van der Waals surface area contributed by atoms with Crippen LogP contribution in [0.4, 0.5) is 0 Å². The Labute approximate surface area is 121 Å². The summed E-state index contributed by atoms with van der Waals surface area (Å²) in [5.41, 5.74) is 6.86. The number of carbonyl (C=O) groups excluding carboxylic acids is 1. The summed E-state index contributed by atoms with van der Waals surface area (Å²) in [6.07, 6.45) is 2.32. The molecule has 0 saturated carbocycles. The first-order valence-corrected chi connectivity index (χ1v) is 7.36. The van der Waals surface area contributed by atoms with Gasteiger partial charge in [-0.05, 0) is 38.3 Å². The third kappa shape index (κ3) is 3.70. The molecule has 1 amide bonds. The minimum atomic E-state index is -0.422. The third-order valence-corrected chi connectivity index (χ3v) is 3.71. The van der Waals surface area contributed by atoms with Crippen molar-refractivity contribution in [2.24, 2.45) is 5.73 Å². The number of rotatable bonds is 3. The van der Waals surface area contributed by atoms with E-state index in [0.717, 1.165) is 35.8 Å². The van der Waals surface area contributed by atoms with Gasteiger partial charge >= 0.3 is 0 Å². The van der Waals surface area contributed by atoms with Crippen LogP contribution in [0.25, 0.3) is 0 Å². The molecule has 1 aliphatic heterocycles. The van der Waals surface area contributed by atoms with E-state index in [-0.39, 0.29) is 11.9 Å². The summed E-state index contributed by atoms with van der Waals surface area (Å²) >= 11 is 3.42. The van der Waals surface area contributed by atoms with Crippen molar-refractivity contribution < 1.29 is 9.53 Å². The van der Waals surface area contributed by atoms with E-state index >= 15 is 0 Å². The van der Waals surface area contributed by atoms with E-state index in [1.54, 1.807) is 0 Å². The topological polar surface area (TPSA) is 64.3 Å². The van der Waals surface area contributed by atoms with E-state index in [1.807, 2.05) is 25.1 Å². The molecule has 0 aromatic heterocycles. The number of hydrogen-bond donors (Lipinski definition) is 2. The SMILES string of the molecule is C[C@H](N)c1ccc(Br)cc1OC1CCCCNC1=O. The molecule has 1 aromatic rings. The van der Waals surface area contributed by atoms with Crippen molar-refractivity contribution in [1.82, 2.24) is 5.32 Å². The zero-order valence-electron chi connectivity index (χ0n) is 11.0. The number of ether oxygens (including phenoxy) is 1. The van der Waals surface area contributed by atoms with Gasteiger partial charge in [0.05, 0.1) is 0 Å². The summed E-state index contributed by atoms with van der Waals surface area (Å²) in [7, 11) is 0. The molecule has 2 rings (SSSR count). The van der Waals surface area contributed by atoms with Crippen LogP contribution in [0.3, 0.4) is 0 Å². The minimum Gasteiger partial charge on any atom is -0.480 e. The van der Waals surface area contributed by atoms with Crippen LogP contribution in [-0.2, 0) is 4.79 Å². The largest absolute Gasteiger partial charge is 0.480 e. The molecule has 1 unspecified atom stereocenters. The van der Waals surface area contributed by atoms with Gasteiger partial charge in [-0.2, -0.15) is 0 Å². The van der Waals surface area contributed by atoms with Gasteiger partial charge in [0, 0.05) is 22.6 Å². The summed E-state index contributed by atoms with van der Waals surface area (Å²) < 4.78 is 6.82. The molecule has 1 saturated heterocycles. The molecule has 0 bridgehead atoms. The monoisotopic (exact) mass is 326 g/mol. The summed E-state index contributed by atoms with van der Waals surface area (Å²) in [6.45, 7) is 2.64. The van der Waals surface area contributed by atoms with Gasteiger partial charge in [-0.25, -0.2) is 0 Å². The van der Waals surface area contributed by atoms with Gasteiger partial charge < -0.3 is 15.8 Å². The van der Waals surface area contributed by atoms with Crippen molar-refractivity contribution in [3.63, 3.8) is 0 Å². The van der Waals surface area contributed by atoms with E-state index in [9.17, 15) is 4.79 Å². The number of nitrogens with one attached hydrogen (secondary N) is 1. The van der Waals surface area contributed by atoms with Crippen LogP contribution in [0, 0.1) is 0 Å². The highest BCUT2D eigenvalue weighted by Crippen LogP contribution is 2.29. The van der Waals surface area contributed by atoms with Crippen molar-refractivity contribution >= 4 is 21.8 Å². The highest BCUT2D eigenvalue weighted by atomic mass is 79.9. The van der Waals surface area contributed by atoms with Gasteiger partial charge in [-0.1, -0.05) is 22.0 Å². The Morgan fingerprint density at radius 1 is 1.47 bits per heavy atom. The second kappa shape index (κ2) is 6.39. The highest BCUT2D eigenvalue weighted by molar-refractivity contribution is 9.10. The first-order valence-electron chi connectivity index (χ1n) is 6.57. The molecule has 1 aromatic carbocycles. The Morgan fingerprint density at radius 3 is 3.00 bits per heavy atom. The molecular formula is C14H19BrN2O2. The molecule has 2 atom stereocenters. The summed E-state index contributed by atoms with van der Waals surface area (Å²) in [5, 5.41) is 2.87. The van der Waals surface area contributed by atoms with Gasteiger partial charge in [-0.3, -0.25) is 4.79 Å². The molecule has 104 valence electrons. The van der Waals surface area contributed by atoms with Crippen molar-refractivity contribution in [2.45, 2.75) is 38.3 Å². The van der Waals surface area contributed by atoms with Gasteiger partial charge in [0.25, 0.3) is 5.91 Å². The van der Waals surface area contributed by atoms with Crippen molar-refractivity contribution in [3.8, 4) is 5.75 Å². The third-order valence-electron chi connectivity index (χ3n) is 3.22. The number of carbonyl (C=O) groups is 1. The van der Waals surface area contributed by atoms with E-state index < -0.39 is 6.10 Å². The predicted octanol–water partition coefficient (Wildman–Crippen LogP) is 2.52. The number of hydrogen-bond acceptors (Lipinski definition) is 3. The molecule has 0 aliphatic carbocycles. The molecule has 3 N–H and O–H groups in total. The van der Waals surface area contributed by atoms with E-state index in [1.165, 1.54) is 0 Å². The number of amides is 1. The van der Waals surface area contributed by atoms with E-state index in [0.29, 0.717) is 5.75 Å². The number of halogens is 1. The highest BCUT2D eigenvalue weighted by Gasteiger charge is 2.23. The Balaban J connectivity index is 2.21. The molecule has 4 nitrogen and oxygen atoms in total. The lowest BCUT2D eigenvalue weighted by molar-refractivity contribution is -0.127. The molecule has 19 heavy (non-hydrogen) atoms. The fraction of sp³-hybridized carbons (Fsp3) is 0.500. The summed E-state index contributed by atoms with van der Waals surface area (Å²) in [4.78, 5) is 11.9. The van der Waals surface area contributed by atoms with Crippen LogP contribution >= 0.6 is 15.9 Å². The molecule has 1 aliphatic rings. The number of nitrogens with two attached hydrogens (primary N) is 1. The molecule has 5 heteroatoms. The predicted molar refractivity (Wildman–Crippen MR) is 78.0 cm³/mol. The second-order valence-electron chi connectivity index (χ2n) is 4.86. The van der Waals surface area contributed by atoms with Crippen LogP contribution in [0.5, 0.6) is 5.75 Å². The molecule has 0 spiro atoms. The quantitative estimate of drug-likeness (QED) is 0.897. The molecule has 0 radical (unpaired) electrons. The maximum atomic E-state index is 11.9. The first-order chi connectivity index (χ1) is 9.08. The van der Waals surface area contributed by atoms with Crippen molar-refractivity contribution in [1.29, 1.82) is 0 Å². The van der Waals surface area contributed by atoms with Crippen LogP contribution in [0.2, 0.25) is 0 Å². The first kappa shape index (κ1) is 14.3. The standard InChI is InChI=1S/C14H19BrN2O2/c1-9(16)11-6-5-10(15)8-13(11)19-12-4-2-3-7-17-14(12)18/h5-6,8-9,12H,2-4,7,16H2,1H3,(H,17,18)/t9-,12?/m0/s1. The van der Waals surface area contributed by atoms with Crippen molar-refractivity contribution in [3.05, 3.63) is 28.2 Å². The lowest BCUT2D eigenvalue weighted by Gasteiger charge is -2.20. The van der Waals surface area contributed by atoms with E-state index in [4.69, 9.17) is 10.5 Å². The average Bonchev–Trinajstić information content (AvgIpc) is 2.55. The lowest BCUT2D eigenvalue weighted by Crippen LogP contribution is -2.36. The van der Waals surface area contributed by atoms with Gasteiger partial charge in [0.2, 0.25) is 0 Å². The minimum absolute atomic E-state index is 0.0342.